The maximum Gasteiger partial charge on any atom is 0.225 e. The second kappa shape index (κ2) is 10.5. The Kier molecular flexibility index (Phi) is 7.63. The lowest BCUT2D eigenvalue weighted by atomic mass is 10.1. The number of hydrogen-bond acceptors (Lipinski definition) is 5. The van der Waals surface area contributed by atoms with Crippen molar-refractivity contribution in [2.75, 3.05) is 24.2 Å². The van der Waals surface area contributed by atoms with Crippen LogP contribution in [0.1, 0.15) is 20.8 Å². The molecule has 180 valence electrons. The predicted molar refractivity (Wildman–Crippen MR) is 135 cm³/mol. The molecule has 1 saturated heterocycles. The highest BCUT2D eigenvalue weighted by atomic mass is 35.5. The third-order valence-corrected chi connectivity index (χ3v) is 7.36. The summed E-state index contributed by atoms with van der Waals surface area (Å²) in [5.74, 6) is 0.0768. The average molecular weight is 504 g/mol. The SMILES string of the molecule is CC.CSc1ccc(-c2cc(F)c(OC(C)C3C4CN(c5ncc(Cl)cn5)CC43)c(F)c2)cc1. The molecule has 2 aliphatic rings. The standard InChI is InChI=1S/C24H22ClF2N3OS.C2H6/c1-13(22-18-11-30(12-19(18)22)24-28-9-16(25)10-29-24)31-23-20(26)7-15(8-21(23)27)14-3-5-17(32-2)6-4-14;1-2/h3-10,13,18-19,22H,11-12H2,1-2H3;1-2H3. The number of aromatic nitrogens is 2. The van der Waals surface area contributed by atoms with Crippen LogP contribution in [0, 0.1) is 29.4 Å². The minimum absolute atomic E-state index is 0.260. The zero-order valence-corrected chi connectivity index (χ0v) is 21.2. The first kappa shape index (κ1) is 24.7. The Morgan fingerprint density at radius 3 is 2.09 bits per heavy atom. The molecular weight excluding hydrogens is 476 g/mol. The summed E-state index contributed by atoms with van der Waals surface area (Å²) in [6, 6.07) is 10.3. The van der Waals surface area contributed by atoms with Gasteiger partial charge in [0.25, 0.3) is 0 Å². The molecule has 0 spiro atoms. The fourth-order valence-corrected chi connectivity index (χ4v) is 5.29. The van der Waals surface area contributed by atoms with Gasteiger partial charge in [0.2, 0.25) is 5.95 Å². The van der Waals surface area contributed by atoms with Crippen LogP contribution in [0.25, 0.3) is 11.1 Å². The van der Waals surface area contributed by atoms with Crippen LogP contribution >= 0.6 is 23.4 Å². The van der Waals surface area contributed by atoms with Gasteiger partial charge >= 0.3 is 0 Å². The van der Waals surface area contributed by atoms with Gasteiger partial charge in [0.15, 0.2) is 17.4 Å². The Balaban J connectivity index is 0.00000133. The molecule has 2 aromatic carbocycles. The van der Waals surface area contributed by atoms with Crippen molar-refractivity contribution in [3.8, 4) is 16.9 Å². The summed E-state index contributed by atoms with van der Waals surface area (Å²) in [5, 5.41) is 0.505. The van der Waals surface area contributed by atoms with Crippen molar-refractivity contribution in [3.05, 3.63) is 65.4 Å². The van der Waals surface area contributed by atoms with Gasteiger partial charge in [-0.3, -0.25) is 0 Å². The first-order chi connectivity index (χ1) is 16.4. The smallest absolute Gasteiger partial charge is 0.225 e. The van der Waals surface area contributed by atoms with E-state index in [1.165, 1.54) is 12.1 Å². The Hall–Kier alpha value is -2.38. The van der Waals surface area contributed by atoms with Crippen molar-refractivity contribution in [2.45, 2.75) is 31.8 Å². The lowest BCUT2D eigenvalue weighted by molar-refractivity contribution is 0.167. The first-order valence-corrected chi connectivity index (χ1v) is 13.1. The molecule has 3 aromatic rings. The molecule has 3 atom stereocenters. The molecule has 2 heterocycles. The molecule has 0 N–H and O–H groups in total. The topological polar surface area (TPSA) is 38.2 Å². The Morgan fingerprint density at radius 2 is 1.56 bits per heavy atom. The summed E-state index contributed by atoms with van der Waals surface area (Å²) in [5.41, 5.74) is 1.26. The quantitative estimate of drug-likeness (QED) is 0.339. The zero-order chi connectivity index (χ0) is 24.4. The Labute approximate surface area is 208 Å². The highest BCUT2D eigenvalue weighted by molar-refractivity contribution is 7.98. The molecule has 0 radical (unpaired) electrons. The third-order valence-electron chi connectivity index (χ3n) is 6.42. The Morgan fingerprint density at radius 1 is 1.00 bits per heavy atom. The second-order valence-electron chi connectivity index (χ2n) is 8.33. The lowest BCUT2D eigenvalue weighted by Crippen LogP contribution is -2.29. The van der Waals surface area contributed by atoms with E-state index in [0.717, 1.165) is 23.5 Å². The molecular formula is C26H28ClF2N3OS. The van der Waals surface area contributed by atoms with E-state index in [1.807, 2.05) is 51.3 Å². The summed E-state index contributed by atoms with van der Waals surface area (Å²) in [6.07, 6.45) is 4.87. The highest BCUT2D eigenvalue weighted by Gasteiger charge is 2.59. The fraction of sp³-hybridized carbons (Fsp3) is 0.385. The van der Waals surface area contributed by atoms with E-state index in [0.29, 0.717) is 28.4 Å². The van der Waals surface area contributed by atoms with Crippen molar-refractivity contribution < 1.29 is 13.5 Å². The first-order valence-electron chi connectivity index (χ1n) is 11.5. The van der Waals surface area contributed by atoms with Crippen molar-refractivity contribution in [3.63, 3.8) is 0 Å². The van der Waals surface area contributed by atoms with Gasteiger partial charge in [0.05, 0.1) is 23.5 Å². The summed E-state index contributed by atoms with van der Waals surface area (Å²) < 4.78 is 35.4. The van der Waals surface area contributed by atoms with Crippen molar-refractivity contribution in [1.82, 2.24) is 9.97 Å². The number of piperidine rings is 1. The van der Waals surface area contributed by atoms with Crippen LogP contribution < -0.4 is 9.64 Å². The van der Waals surface area contributed by atoms with E-state index in [2.05, 4.69) is 14.9 Å². The number of halogens is 3. The number of hydrogen-bond donors (Lipinski definition) is 0. The molecule has 3 unspecified atom stereocenters. The van der Waals surface area contributed by atoms with Crippen molar-refractivity contribution >= 4 is 29.3 Å². The molecule has 4 nitrogen and oxygen atoms in total. The summed E-state index contributed by atoms with van der Waals surface area (Å²) in [6.45, 7) is 7.50. The Bertz CT molecular complexity index is 1090. The molecule has 5 rings (SSSR count). The van der Waals surface area contributed by atoms with Crippen LogP contribution in [0.4, 0.5) is 14.7 Å². The molecule has 2 fully saturated rings. The van der Waals surface area contributed by atoms with E-state index in [4.69, 9.17) is 16.3 Å². The molecule has 1 aliphatic carbocycles. The molecule has 0 amide bonds. The summed E-state index contributed by atoms with van der Waals surface area (Å²) in [7, 11) is 0. The monoisotopic (exact) mass is 503 g/mol. The molecule has 0 bridgehead atoms. The number of anilines is 1. The van der Waals surface area contributed by atoms with Crippen LogP contribution in [0.2, 0.25) is 5.02 Å². The van der Waals surface area contributed by atoms with Crippen molar-refractivity contribution in [1.29, 1.82) is 0 Å². The molecule has 1 aliphatic heterocycles. The van der Waals surface area contributed by atoms with Crippen LogP contribution in [-0.4, -0.2) is 35.4 Å². The minimum Gasteiger partial charge on any atom is -0.484 e. The van der Waals surface area contributed by atoms with Gasteiger partial charge in [-0.15, -0.1) is 11.8 Å². The third kappa shape index (κ3) is 5.01. The van der Waals surface area contributed by atoms with Crippen LogP contribution in [0.3, 0.4) is 0 Å². The number of benzene rings is 2. The molecule has 1 saturated carbocycles. The van der Waals surface area contributed by atoms with Gasteiger partial charge in [0.1, 0.15) is 0 Å². The maximum absolute atomic E-state index is 14.8. The summed E-state index contributed by atoms with van der Waals surface area (Å²) in [4.78, 5) is 11.8. The molecule has 34 heavy (non-hydrogen) atoms. The predicted octanol–water partition coefficient (Wildman–Crippen LogP) is 6.97. The lowest BCUT2D eigenvalue weighted by Gasteiger charge is -2.23. The average Bonchev–Trinajstić information content (AvgIpc) is 3.36. The maximum atomic E-state index is 14.8. The number of ether oxygens (including phenoxy) is 1. The van der Waals surface area contributed by atoms with Crippen molar-refractivity contribution in [2.24, 2.45) is 17.8 Å². The largest absolute Gasteiger partial charge is 0.484 e. The highest BCUT2D eigenvalue weighted by Crippen LogP contribution is 2.54. The normalized spacial score (nSPS) is 21.4. The fourth-order valence-electron chi connectivity index (χ4n) is 4.79. The molecule has 8 heteroatoms. The van der Waals surface area contributed by atoms with Gasteiger partial charge in [-0.05, 0) is 60.4 Å². The van der Waals surface area contributed by atoms with Gasteiger partial charge in [-0.25, -0.2) is 18.7 Å². The molecule has 1 aromatic heterocycles. The van der Waals surface area contributed by atoms with E-state index < -0.39 is 11.6 Å². The van der Waals surface area contributed by atoms with Crippen LogP contribution in [0.15, 0.2) is 53.7 Å². The van der Waals surface area contributed by atoms with E-state index in [1.54, 1.807) is 24.2 Å². The number of rotatable bonds is 6. The van der Waals surface area contributed by atoms with Crippen LogP contribution in [-0.2, 0) is 0 Å². The van der Waals surface area contributed by atoms with Gasteiger partial charge in [-0.1, -0.05) is 37.6 Å². The number of nitrogens with zero attached hydrogens (tertiary/aromatic N) is 3. The zero-order valence-electron chi connectivity index (χ0n) is 19.6. The van der Waals surface area contributed by atoms with E-state index in [-0.39, 0.29) is 17.8 Å². The minimum atomic E-state index is -0.678. The second-order valence-corrected chi connectivity index (χ2v) is 9.65. The number of fused-ring (bicyclic) bond motifs is 1. The van der Waals surface area contributed by atoms with Gasteiger partial charge in [-0.2, -0.15) is 0 Å². The van der Waals surface area contributed by atoms with E-state index >= 15 is 0 Å². The van der Waals surface area contributed by atoms with E-state index in [9.17, 15) is 8.78 Å². The van der Waals surface area contributed by atoms with Gasteiger partial charge in [0, 0.05) is 23.9 Å². The summed E-state index contributed by atoms with van der Waals surface area (Å²) >= 11 is 7.48. The van der Waals surface area contributed by atoms with Crippen LogP contribution in [0.5, 0.6) is 5.75 Å². The van der Waals surface area contributed by atoms with Gasteiger partial charge < -0.3 is 9.64 Å². The number of thioether (sulfide) groups is 1.